The lowest BCUT2D eigenvalue weighted by atomic mass is 9.48. The zero-order valence-electron chi connectivity index (χ0n) is 16.3. The minimum atomic E-state index is -0.506. The molecule has 142 valence electrons. The van der Waals surface area contributed by atoms with Crippen LogP contribution in [0.2, 0.25) is 0 Å². The summed E-state index contributed by atoms with van der Waals surface area (Å²) in [6.45, 7) is 2.33. The van der Waals surface area contributed by atoms with Gasteiger partial charge in [-0.25, -0.2) is 0 Å². The molecule has 0 saturated heterocycles. The van der Waals surface area contributed by atoms with Crippen LogP contribution in [0.15, 0.2) is 22.8 Å². The van der Waals surface area contributed by atoms with Gasteiger partial charge in [-0.3, -0.25) is 4.79 Å². The number of hydrogen-bond acceptors (Lipinski definition) is 1. The molecule has 0 aliphatic heterocycles. The highest BCUT2D eigenvalue weighted by molar-refractivity contribution is 5.76. The molecular formula is C24H34O2. The lowest BCUT2D eigenvalue weighted by Crippen LogP contribution is -2.51. The standard InChI is InChI=1S/C24H34O2/c1-15-5-4-13-24(23(25)26)14-12-20-19-9-8-16-6-2-3-7-17(16)18(19)10-11-21(20)22(15)24/h11,15-16,19-20,22H,2-10,12-14H2,1H3,(H,25,26). The Morgan fingerprint density at radius 1 is 1.00 bits per heavy atom. The van der Waals surface area contributed by atoms with Gasteiger partial charge in [-0.2, -0.15) is 0 Å². The van der Waals surface area contributed by atoms with Crippen molar-refractivity contribution in [1.82, 2.24) is 0 Å². The summed E-state index contributed by atoms with van der Waals surface area (Å²) in [5, 5.41) is 10.2. The molecule has 5 aliphatic rings. The average molecular weight is 355 g/mol. The third-order valence-corrected chi connectivity index (χ3v) is 9.03. The fourth-order valence-electron chi connectivity index (χ4n) is 7.98. The van der Waals surface area contributed by atoms with Gasteiger partial charge in [0.2, 0.25) is 0 Å². The van der Waals surface area contributed by atoms with Gasteiger partial charge < -0.3 is 5.11 Å². The predicted molar refractivity (Wildman–Crippen MR) is 104 cm³/mol. The number of allylic oxidation sites excluding steroid dienone is 4. The molecule has 3 fully saturated rings. The number of fused-ring (bicyclic) bond motifs is 6. The number of rotatable bonds is 1. The van der Waals surface area contributed by atoms with E-state index in [2.05, 4.69) is 13.0 Å². The second kappa shape index (κ2) is 6.24. The van der Waals surface area contributed by atoms with Crippen molar-refractivity contribution in [2.45, 2.75) is 84.0 Å². The summed E-state index contributed by atoms with van der Waals surface area (Å²) in [7, 11) is 0. The molecule has 0 bridgehead atoms. The SMILES string of the molecule is CC1CCCC2(C(=O)O)CCC3C(=CCC4=C5CCCCC5CCC43)C12. The Kier molecular flexibility index (Phi) is 4.10. The van der Waals surface area contributed by atoms with Crippen LogP contribution in [0.25, 0.3) is 0 Å². The topological polar surface area (TPSA) is 37.3 Å². The van der Waals surface area contributed by atoms with E-state index in [1.54, 1.807) is 11.1 Å². The number of aliphatic carboxylic acids is 1. The van der Waals surface area contributed by atoms with Crippen LogP contribution in [-0.2, 0) is 4.79 Å². The van der Waals surface area contributed by atoms with Crippen molar-refractivity contribution in [3.8, 4) is 0 Å². The van der Waals surface area contributed by atoms with E-state index in [9.17, 15) is 9.90 Å². The molecule has 0 spiro atoms. The fraction of sp³-hybridized carbons (Fsp3) is 0.792. The van der Waals surface area contributed by atoms with Gasteiger partial charge in [0.15, 0.2) is 0 Å². The summed E-state index contributed by atoms with van der Waals surface area (Å²) in [5.41, 5.74) is 4.78. The van der Waals surface area contributed by atoms with Crippen LogP contribution < -0.4 is 0 Å². The molecule has 0 radical (unpaired) electrons. The summed E-state index contributed by atoms with van der Waals surface area (Å²) >= 11 is 0. The van der Waals surface area contributed by atoms with Gasteiger partial charge >= 0.3 is 5.97 Å². The number of carboxylic acid groups (broad SMARTS) is 1. The molecule has 1 N–H and O–H groups in total. The molecule has 2 nitrogen and oxygen atoms in total. The second-order valence-corrected chi connectivity index (χ2v) is 10.0. The summed E-state index contributed by atoms with van der Waals surface area (Å²) < 4.78 is 0. The van der Waals surface area contributed by atoms with E-state index in [1.165, 1.54) is 44.9 Å². The molecule has 6 unspecified atom stereocenters. The average Bonchev–Trinajstić information content (AvgIpc) is 2.67. The highest BCUT2D eigenvalue weighted by atomic mass is 16.4. The molecule has 6 atom stereocenters. The molecule has 0 aromatic carbocycles. The first-order valence-electron chi connectivity index (χ1n) is 11.3. The molecule has 26 heavy (non-hydrogen) atoms. The Hall–Kier alpha value is -1.05. The van der Waals surface area contributed by atoms with Crippen LogP contribution in [0.1, 0.15) is 84.0 Å². The highest BCUT2D eigenvalue weighted by Gasteiger charge is 2.56. The maximum Gasteiger partial charge on any atom is 0.310 e. The zero-order valence-corrected chi connectivity index (χ0v) is 16.3. The molecule has 3 saturated carbocycles. The van der Waals surface area contributed by atoms with Crippen LogP contribution in [0.4, 0.5) is 0 Å². The van der Waals surface area contributed by atoms with Gasteiger partial charge in [-0.1, -0.05) is 49.0 Å². The summed E-state index contributed by atoms with van der Waals surface area (Å²) in [4.78, 5) is 12.4. The van der Waals surface area contributed by atoms with Gasteiger partial charge in [0.1, 0.15) is 0 Å². The highest BCUT2D eigenvalue weighted by Crippen LogP contribution is 2.61. The molecule has 2 heteroatoms. The zero-order chi connectivity index (χ0) is 17.9. The lowest BCUT2D eigenvalue weighted by Gasteiger charge is -2.55. The Labute approximate surface area is 158 Å². The molecule has 5 aliphatic carbocycles. The number of hydrogen-bond donors (Lipinski definition) is 1. The molecule has 0 amide bonds. The first-order valence-corrected chi connectivity index (χ1v) is 11.3. The predicted octanol–water partition coefficient (Wildman–Crippen LogP) is 6.13. The van der Waals surface area contributed by atoms with Crippen molar-refractivity contribution in [3.63, 3.8) is 0 Å². The van der Waals surface area contributed by atoms with E-state index >= 15 is 0 Å². The monoisotopic (exact) mass is 354 g/mol. The van der Waals surface area contributed by atoms with E-state index < -0.39 is 11.4 Å². The first kappa shape index (κ1) is 17.1. The largest absolute Gasteiger partial charge is 0.481 e. The third-order valence-electron chi connectivity index (χ3n) is 9.03. The summed E-state index contributed by atoms with van der Waals surface area (Å²) in [5.74, 6) is 2.64. The molecule has 5 rings (SSSR count). The van der Waals surface area contributed by atoms with Gasteiger partial charge in [0.25, 0.3) is 0 Å². The maximum atomic E-state index is 12.4. The van der Waals surface area contributed by atoms with E-state index in [0.29, 0.717) is 17.8 Å². The molecular weight excluding hydrogens is 320 g/mol. The third kappa shape index (κ3) is 2.33. The van der Waals surface area contributed by atoms with Crippen molar-refractivity contribution >= 4 is 5.97 Å². The first-order chi connectivity index (χ1) is 12.6. The Morgan fingerprint density at radius 3 is 2.73 bits per heavy atom. The van der Waals surface area contributed by atoms with Gasteiger partial charge in [-0.15, -0.1) is 0 Å². The minimum Gasteiger partial charge on any atom is -0.481 e. The van der Waals surface area contributed by atoms with Crippen molar-refractivity contribution in [3.05, 3.63) is 22.8 Å². The summed E-state index contributed by atoms with van der Waals surface area (Å²) in [6.07, 6.45) is 17.3. The van der Waals surface area contributed by atoms with Crippen LogP contribution in [-0.4, -0.2) is 11.1 Å². The Bertz CT molecular complexity index is 672. The Balaban J connectivity index is 1.55. The van der Waals surface area contributed by atoms with Crippen LogP contribution in [0, 0.1) is 35.0 Å². The Morgan fingerprint density at radius 2 is 1.88 bits per heavy atom. The molecule has 0 aromatic rings. The van der Waals surface area contributed by atoms with Crippen molar-refractivity contribution in [2.75, 3.05) is 0 Å². The van der Waals surface area contributed by atoms with E-state index in [1.807, 2.05) is 5.57 Å². The van der Waals surface area contributed by atoms with Crippen LogP contribution in [0.5, 0.6) is 0 Å². The normalized spacial score (nSPS) is 45.0. The van der Waals surface area contributed by atoms with Gasteiger partial charge in [-0.05, 0) is 87.4 Å². The summed E-state index contributed by atoms with van der Waals surface area (Å²) in [6, 6.07) is 0. The maximum absolute atomic E-state index is 12.4. The lowest BCUT2D eigenvalue weighted by molar-refractivity contribution is -0.159. The molecule has 0 heterocycles. The van der Waals surface area contributed by atoms with E-state index in [0.717, 1.165) is 43.9 Å². The van der Waals surface area contributed by atoms with Crippen LogP contribution in [0.3, 0.4) is 0 Å². The van der Waals surface area contributed by atoms with Gasteiger partial charge in [0, 0.05) is 0 Å². The van der Waals surface area contributed by atoms with E-state index in [4.69, 9.17) is 0 Å². The van der Waals surface area contributed by atoms with E-state index in [-0.39, 0.29) is 0 Å². The molecule has 0 aromatic heterocycles. The van der Waals surface area contributed by atoms with Crippen molar-refractivity contribution < 1.29 is 9.90 Å². The quantitative estimate of drug-likeness (QED) is 0.575. The van der Waals surface area contributed by atoms with Crippen molar-refractivity contribution in [2.24, 2.45) is 35.0 Å². The second-order valence-electron chi connectivity index (χ2n) is 10.0. The number of carbonyl (C=O) groups is 1. The smallest absolute Gasteiger partial charge is 0.310 e. The fourth-order valence-corrected chi connectivity index (χ4v) is 7.98. The number of carboxylic acids is 1. The van der Waals surface area contributed by atoms with Crippen molar-refractivity contribution in [1.29, 1.82) is 0 Å². The van der Waals surface area contributed by atoms with Crippen LogP contribution >= 0.6 is 0 Å². The minimum absolute atomic E-state index is 0.308. The van der Waals surface area contributed by atoms with Gasteiger partial charge in [0.05, 0.1) is 5.41 Å².